The molecule has 4 nitrogen and oxygen atoms in total. The van der Waals surface area contributed by atoms with Gasteiger partial charge in [-0.05, 0) is 6.07 Å². The van der Waals surface area contributed by atoms with Crippen molar-refractivity contribution in [2.75, 3.05) is 0 Å². The van der Waals surface area contributed by atoms with E-state index < -0.39 is 10.7 Å². The lowest BCUT2D eigenvalue weighted by Crippen LogP contribution is -1.86. The molecule has 1 aromatic carbocycles. The molecule has 0 N–H and O–H groups in total. The molecule has 0 saturated carbocycles. The molecule has 11 heavy (non-hydrogen) atoms. The molecule has 0 fully saturated rings. The Hall–Kier alpha value is -1.29. The molecule has 0 aliphatic heterocycles. The first-order valence-electron chi connectivity index (χ1n) is 2.72. The Bertz CT molecular complexity index is 300. The standard InChI is InChI=1S/C6H3ClNO3/c7-5-2-1-4(8(10)11)3-6(5)9/h1-3H. The van der Waals surface area contributed by atoms with Gasteiger partial charge in [-0.2, -0.15) is 0 Å². The zero-order chi connectivity index (χ0) is 8.43. The number of halogens is 1. The predicted molar refractivity (Wildman–Crippen MR) is 38.2 cm³/mol. The molecule has 0 saturated heterocycles. The first-order valence-corrected chi connectivity index (χ1v) is 3.10. The summed E-state index contributed by atoms with van der Waals surface area (Å²) in [6.45, 7) is 0. The summed E-state index contributed by atoms with van der Waals surface area (Å²) in [7, 11) is 0. The molecule has 0 aliphatic rings. The molecule has 0 aliphatic carbocycles. The van der Waals surface area contributed by atoms with Gasteiger partial charge in [0.15, 0.2) is 0 Å². The lowest BCUT2D eigenvalue weighted by molar-refractivity contribution is -0.385. The Morgan fingerprint density at radius 3 is 2.55 bits per heavy atom. The SMILES string of the molecule is [O]c1cc([N+](=O)[O-])ccc1Cl. The smallest absolute Gasteiger partial charge is 0.273 e. The number of benzene rings is 1. The highest BCUT2D eigenvalue weighted by molar-refractivity contribution is 6.32. The van der Waals surface area contributed by atoms with Crippen LogP contribution in [0.3, 0.4) is 0 Å². The number of nitro benzene ring substituents is 1. The van der Waals surface area contributed by atoms with Crippen molar-refractivity contribution in [1.82, 2.24) is 0 Å². The van der Waals surface area contributed by atoms with Crippen LogP contribution in [0.2, 0.25) is 5.02 Å². The second-order valence-corrected chi connectivity index (χ2v) is 2.28. The van der Waals surface area contributed by atoms with E-state index in [0.29, 0.717) is 0 Å². The summed E-state index contributed by atoms with van der Waals surface area (Å²) in [5.41, 5.74) is -0.237. The van der Waals surface area contributed by atoms with Gasteiger partial charge < -0.3 is 0 Å². The van der Waals surface area contributed by atoms with Crippen LogP contribution in [-0.2, 0) is 5.11 Å². The number of nitro groups is 1. The fourth-order valence-electron chi connectivity index (χ4n) is 0.606. The van der Waals surface area contributed by atoms with E-state index in [0.717, 1.165) is 6.07 Å². The lowest BCUT2D eigenvalue weighted by Gasteiger charge is -1.91. The molecule has 57 valence electrons. The minimum Gasteiger partial charge on any atom is -0.288 e. The van der Waals surface area contributed by atoms with Crippen LogP contribution in [0.25, 0.3) is 0 Å². The molecular weight excluding hydrogens is 170 g/mol. The average molecular weight is 173 g/mol. The number of non-ortho nitro benzene ring substituents is 1. The normalized spacial score (nSPS) is 9.55. The number of rotatable bonds is 1. The summed E-state index contributed by atoms with van der Waals surface area (Å²) in [5, 5.41) is 20.8. The third-order valence-corrected chi connectivity index (χ3v) is 1.44. The van der Waals surface area contributed by atoms with Crippen molar-refractivity contribution in [3.8, 4) is 5.75 Å². The molecule has 1 rings (SSSR count). The molecule has 0 atom stereocenters. The summed E-state index contributed by atoms with van der Waals surface area (Å²) < 4.78 is 0. The van der Waals surface area contributed by atoms with Gasteiger partial charge in [0.1, 0.15) is 0 Å². The van der Waals surface area contributed by atoms with E-state index in [1.165, 1.54) is 12.1 Å². The molecule has 0 unspecified atom stereocenters. The molecular formula is C6H3ClNO3. The number of hydrogen-bond acceptors (Lipinski definition) is 2. The van der Waals surface area contributed by atoms with Gasteiger partial charge in [-0.1, -0.05) is 11.6 Å². The van der Waals surface area contributed by atoms with Gasteiger partial charge in [-0.3, -0.25) is 15.2 Å². The van der Waals surface area contributed by atoms with E-state index in [2.05, 4.69) is 0 Å². The molecule has 0 bridgehead atoms. The number of hydrogen-bond donors (Lipinski definition) is 0. The minimum absolute atomic E-state index is 0.00407. The molecule has 0 amide bonds. The van der Waals surface area contributed by atoms with Crippen LogP contribution in [0.1, 0.15) is 0 Å². The quantitative estimate of drug-likeness (QED) is 0.482. The van der Waals surface area contributed by atoms with Crippen molar-refractivity contribution in [2.24, 2.45) is 0 Å². The summed E-state index contributed by atoms with van der Waals surface area (Å²) in [4.78, 5) is 9.45. The van der Waals surface area contributed by atoms with Crippen molar-refractivity contribution in [3.05, 3.63) is 33.3 Å². The van der Waals surface area contributed by atoms with Gasteiger partial charge in [0, 0.05) is 6.07 Å². The third kappa shape index (κ3) is 1.59. The van der Waals surface area contributed by atoms with Crippen LogP contribution in [0, 0.1) is 10.1 Å². The highest BCUT2D eigenvalue weighted by Crippen LogP contribution is 2.27. The zero-order valence-electron chi connectivity index (χ0n) is 5.28. The lowest BCUT2D eigenvalue weighted by atomic mass is 10.3. The molecule has 0 heterocycles. The van der Waals surface area contributed by atoms with Gasteiger partial charge in [-0.15, -0.1) is 0 Å². The Kier molecular flexibility index (Phi) is 1.96. The van der Waals surface area contributed by atoms with Gasteiger partial charge in [0.25, 0.3) is 5.69 Å². The largest absolute Gasteiger partial charge is 0.288 e. The summed E-state index contributed by atoms with van der Waals surface area (Å²) >= 11 is 5.35. The molecule has 0 aromatic heterocycles. The minimum atomic E-state index is -0.641. The third-order valence-electron chi connectivity index (χ3n) is 1.13. The van der Waals surface area contributed by atoms with Gasteiger partial charge >= 0.3 is 0 Å². The maximum absolute atomic E-state index is 10.7. The van der Waals surface area contributed by atoms with Crippen LogP contribution in [0.4, 0.5) is 5.69 Å². The summed E-state index contributed by atoms with van der Waals surface area (Å²) in [6, 6.07) is 3.29. The summed E-state index contributed by atoms with van der Waals surface area (Å²) in [5.74, 6) is -0.527. The number of nitrogens with zero attached hydrogens (tertiary/aromatic N) is 1. The first-order chi connectivity index (χ1) is 5.11. The fourth-order valence-corrected chi connectivity index (χ4v) is 0.723. The Balaban J connectivity index is 3.15. The maximum atomic E-state index is 10.7. The summed E-state index contributed by atoms with van der Waals surface area (Å²) in [6.07, 6.45) is 0. The van der Waals surface area contributed by atoms with E-state index in [1.807, 2.05) is 0 Å². The highest BCUT2D eigenvalue weighted by Gasteiger charge is 2.09. The highest BCUT2D eigenvalue weighted by atomic mass is 35.5. The van der Waals surface area contributed by atoms with Crippen LogP contribution < -0.4 is 0 Å². The van der Waals surface area contributed by atoms with E-state index in [-0.39, 0.29) is 10.7 Å². The topological polar surface area (TPSA) is 63.0 Å². The fraction of sp³-hybridized carbons (Fsp3) is 0. The van der Waals surface area contributed by atoms with Gasteiger partial charge in [-0.25, -0.2) is 0 Å². The Labute approximate surface area is 67.2 Å². The second kappa shape index (κ2) is 2.75. The molecule has 5 heteroatoms. The van der Waals surface area contributed by atoms with Crippen LogP contribution >= 0.6 is 11.6 Å². The Morgan fingerprint density at radius 2 is 2.09 bits per heavy atom. The molecule has 1 radical (unpaired) electrons. The van der Waals surface area contributed by atoms with Crippen molar-refractivity contribution >= 4 is 17.3 Å². The van der Waals surface area contributed by atoms with E-state index >= 15 is 0 Å². The van der Waals surface area contributed by atoms with Crippen molar-refractivity contribution < 1.29 is 10.0 Å². The molecule has 0 spiro atoms. The predicted octanol–water partition coefficient (Wildman–Crippen LogP) is 2.39. The van der Waals surface area contributed by atoms with Crippen molar-refractivity contribution in [1.29, 1.82) is 0 Å². The molecule has 1 aromatic rings. The zero-order valence-corrected chi connectivity index (χ0v) is 6.04. The van der Waals surface area contributed by atoms with Crippen LogP contribution in [0.5, 0.6) is 5.75 Å². The second-order valence-electron chi connectivity index (χ2n) is 1.87. The first kappa shape index (κ1) is 7.81. The van der Waals surface area contributed by atoms with E-state index in [9.17, 15) is 15.2 Å². The van der Waals surface area contributed by atoms with E-state index in [1.54, 1.807) is 0 Å². The monoisotopic (exact) mass is 172 g/mol. The van der Waals surface area contributed by atoms with Crippen molar-refractivity contribution in [3.63, 3.8) is 0 Å². The van der Waals surface area contributed by atoms with Crippen molar-refractivity contribution in [2.45, 2.75) is 0 Å². The maximum Gasteiger partial charge on any atom is 0.273 e. The van der Waals surface area contributed by atoms with E-state index in [4.69, 9.17) is 11.6 Å². The average Bonchev–Trinajstić information content (AvgIpc) is 1.94. The van der Waals surface area contributed by atoms with Crippen LogP contribution in [0.15, 0.2) is 18.2 Å². The van der Waals surface area contributed by atoms with Gasteiger partial charge in [0.2, 0.25) is 5.75 Å². The van der Waals surface area contributed by atoms with Gasteiger partial charge in [0.05, 0.1) is 16.0 Å². The Morgan fingerprint density at radius 1 is 1.45 bits per heavy atom. The van der Waals surface area contributed by atoms with Crippen LogP contribution in [-0.4, -0.2) is 4.92 Å².